The SMILES string of the molecule is COC(=O)[C@]12Oc3ccc(-c4ccc5c(c4O)C(O)=C4C(=O)C[C@H](C)[C@H](O)[C@@]4(C(=O)OC)O5)c(O)c3C(O)=C1C(=O)C[C@@H](C)[C@H]2O. The molecule has 0 aromatic heterocycles. The summed E-state index contributed by atoms with van der Waals surface area (Å²) in [4.78, 5) is 52.3. The van der Waals surface area contributed by atoms with Crippen molar-refractivity contribution in [3.8, 4) is 34.1 Å². The summed E-state index contributed by atoms with van der Waals surface area (Å²) in [6, 6.07) is 4.92. The number of ketones is 2. The van der Waals surface area contributed by atoms with Crippen LogP contribution in [0.5, 0.6) is 23.0 Å². The Kier molecular flexibility index (Phi) is 6.87. The van der Waals surface area contributed by atoms with E-state index in [0.717, 1.165) is 14.2 Å². The summed E-state index contributed by atoms with van der Waals surface area (Å²) >= 11 is 0. The van der Waals surface area contributed by atoms with E-state index in [4.69, 9.17) is 18.9 Å². The van der Waals surface area contributed by atoms with E-state index in [0.29, 0.717) is 0 Å². The fraction of sp³-hybridized carbons (Fsp3) is 0.375. The number of rotatable bonds is 3. The molecular weight excluding hydrogens is 608 g/mol. The van der Waals surface area contributed by atoms with Gasteiger partial charge in [0.1, 0.15) is 57.9 Å². The minimum absolute atomic E-state index is 0.163. The van der Waals surface area contributed by atoms with Crippen molar-refractivity contribution in [2.45, 2.75) is 50.1 Å². The highest BCUT2D eigenvalue weighted by molar-refractivity contribution is 6.14. The summed E-state index contributed by atoms with van der Waals surface area (Å²) in [6.45, 7) is 3.04. The van der Waals surface area contributed by atoms with Gasteiger partial charge in [0.05, 0.1) is 25.4 Å². The largest absolute Gasteiger partial charge is 0.506 e. The van der Waals surface area contributed by atoms with Crippen molar-refractivity contribution in [2.75, 3.05) is 14.2 Å². The van der Waals surface area contributed by atoms with Crippen LogP contribution in [0.15, 0.2) is 35.4 Å². The van der Waals surface area contributed by atoms with Crippen molar-refractivity contribution >= 4 is 35.0 Å². The van der Waals surface area contributed by atoms with Gasteiger partial charge < -0.3 is 49.6 Å². The van der Waals surface area contributed by atoms with E-state index in [2.05, 4.69) is 0 Å². The lowest BCUT2D eigenvalue weighted by atomic mass is 9.69. The van der Waals surface area contributed by atoms with Crippen LogP contribution in [-0.4, -0.2) is 91.8 Å². The Morgan fingerprint density at radius 2 is 1.04 bits per heavy atom. The molecule has 2 saturated carbocycles. The van der Waals surface area contributed by atoms with Crippen molar-refractivity contribution < 1.29 is 68.8 Å². The molecular formula is C32H30O14. The van der Waals surface area contributed by atoms with Crippen LogP contribution < -0.4 is 9.47 Å². The van der Waals surface area contributed by atoms with Crippen molar-refractivity contribution in [3.63, 3.8) is 0 Å². The maximum atomic E-state index is 13.2. The zero-order valence-electron chi connectivity index (χ0n) is 25.0. The summed E-state index contributed by atoms with van der Waals surface area (Å²) in [5.41, 5.74) is -7.25. The van der Waals surface area contributed by atoms with Crippen LogP contribution in [0, 0.1) is 11.8 Å². The Morgan fingerprint density at radius 1 is 0.696 bits per heavy atom. The predicted octanol–water partition coefficient (Wildman–Crippen LogP) is 1.85. The topological polar surface area (TPSA) is 227 Å². The second-order valence-electron chi connectivity index (χ2n) is 11.9. The van der Waals surface area contributed by atoms with Crippen LogP contribution in [-0.2, 0) is 28.7 Å². The first-order valence-electron chi connectivity index (χ1n) is 14.3. The molecule has 2 aromatic rings. The monoisotopic (exact) mass is 638 g/mol. The molecule has 2 fully saturated rings. The lowest BCUT2D eigenvalue weighted by Crippen LogP contribution is -2.64. The Labute approximate surface area is 260 Å². The Morgan fingerprint density at radius 3 is 1.37 bits per heavy atom. The molecule has 46 heavy (non-hydrogen) atoms. The van der Waals surface area contributed by atoms with Crippen LogP contribution in [0.2, 0.25) is 0 Å². The van der Waals surface area contributed by atoms with Gasteiger partial charge in [-0.1, -0.05) is 13.8 Å². The number of hydrogen-bond acceptors (Lipinski definition) is 14. The molecule has 4 aliphatic rings. The van der Waals surface area contributed by atoms with E-state index >= 15 is 0 Å². The fourth-order valence-electron chi connectivity index (χ4n) is 7.00. The standard InChI is InChI=1S/C32H30O14/c1-11-9-15(33)21-25(37)19-17(45-31(21,27(11)39)29(41)43-3)7-5-13(23(19)35)14-6-8-18-20(24(14)36)26(38)22-16(34)10-12(2)28(40)32(22,46-18)30(42)44-4/h5-8,11-12,27-28,35-40H,9-10H2,1-4H3/t11-,12+,27-,28+,31-,32-/m0/s1. The maximum Gasteiger partial charge on any atom is 0.358 e. The smallest absolute Gasteiger partial charge is 0.358 e. The lowest BCUT2D eigenvalue weighted by molar-refractivity contribution is -0.173. The number of hydrogen-bond donors (Lipinski definition) is 6. The number of Topliss-reactive ketones (excluding diaryl/α,β-unsaturated/α-hetero) is 2. The van der Waals surface area contributed by atoms with Gasteiger partial charge in [0.15, 0.2) is 11.6 Å². The van der Waals surface area contributed by atoms with Gasteiger partial charge in [0, 0.05) is 24.0 Å². The van der Waals surface area contributed by atoms with Crippen molar-refractivity contribution in [1.29, 1.82) is 0 Å². The summed E-state index contributed by atoms with van der Waals surface area (Å²) in [5.74, 6) is -9.01. The summed E-state index contributed by atoms with van der Waals surface area (Å²) in [6.07, 6.45) is -3.72. The Bertz CT molecular complexity index is 1690. The normalized spacial score (nSPS) is 29.9. The van der Waals surface area contributed by atoms with Crippen LogP contribution in [0.25, 0.3) is 22.6 Å². The summed E-state index contributed by atoms with van der Waals surface area (Å²) in [5, 5.41) is 67.7. The van der Waals surface area contributed by atoms with Crippen molar-refractivity contribution in [3.05, 3.63) is 46.5 Å². The number of methoxy groups -OCH3 is 2. The second kappa shape index (κ2) is 10.2. The number of fused-ring (bicyclic) bond motifs is 4. The number of aliphatic hydroxyl groups excluding tert-OH is 4. The number of carbonyl (C=O) groups excluding carboxylic acids is 4. The number of phenols is 2. The van der Waals surface area contributed by atoms with Gasteiger partial charge in [-0.2, -0.15) is 0 Å². The molecule has 14 nitrogen and oxygen atoms in total. The number of phenolic OH excluding ortho intramolecular Hbond substituents is 2. The number of aliphatic hydroxyl groups is 4. The quantitative estimate of drug-likeness (QED) is 0.264. The summed E-state index contributed by atoms with van der Waals surface area (Å²) < 4.78 is 21.5. The number of carbonyl (C=O) groups is 4. The Hall–Kier alpha value is -5.08. The molecule has 2 heterocycles. The van der Waals surface area contributed by atoms with Crippen LogP contribution in [0.3, 0.4) is 0 Å². The average molecular weight is 639 g/mol. The minimum atomic E-state index is -2.42. The molecule has 6 atom stereocenters. The molecule has 2 aliphatic heterocycles. The highest BCUT2D eigenvalue weighted by Gasteiger charge is 2.64. The van der Waals surface area contributed by atoms with Gasteiger partial charge in [-0.3, -0.25) is 9.59 Å². The highest BCUT2D eigenvalue weighted by Crippen LogP contribution is 2.55. The van der Waals surface area contributed by atoms with Crippen molar-refractivity contribution in [2.24, 2.45) is 11.8 Å². The van der Waals surface area contributed by atoms with Gasteiger partial charge in [-0.05, 0) is 36.1 Å². The van der Waals surface area contributed by atoms with E-state index < -0.39 is 104 Å². The molecule has 0 spiro atoms. The van der Waals surface area contributed by atoms with E-state index in [-0.39, 0.29) is 35.5 Å². The highest BCUT2D eigenvalue weighted by atomic mass is 16.6. The first kappa shape index (κ1) is 30.9. The van der Waals surface area contributed by atoms with Gasteiger partial charge in [0.25, 0.3) is 11.2 Å². The fourth-order valence-corrected chi connectivity index (χ4v) is 7.00. The first-order chi connectivity index (χ1) is 21.7. The van der Waals surface area contributed by atoms with Crippen LogP contribution >= 0.6 is 0 Å². The van der Waals surface area contributed by atoms with Crippen LogP contribution in [0.1, 0.15) is 37.8 Å². The van der Waals surface area contributed by atoms with E-state index in [9.17, 15) is 49.8 Å². The lowest BCUT2D eigenvalue weighted by Gasteiger charge is -2.45. The van der Waals surface area contributed by atoms with E-state index in [1.54, 1.807) is 0 Å². The molecule has 0 amide bonds. The van der Waals surface area contributed by atoms with E-state index in [1.165, 1.54) is 38.1 Å². The van der Waals surface area contributed by atoms with Gasteiger partial charge in [-0.15, -0.1) is 0 Å². The van der Waals surface area contributed by atoms with Gasteiger partial charge in [-0.25, -0.2) is 9.59 Å². The average Bonchev–Trinajstić information content (AvgIpc) is 3.01. The molecule has 6 rings (SSSR count). The third-order valence-corrected chi connectivity index (χ3v) is 9.26. The zero-order valence-corrected chi connectivity index (χ0v) is 25.0. The summed E-state index contributed by atoms with van der Waals surface area (Å²) in [7, 11) is 2.04. The number of benzene rings is 2. The van der Waals surface area contributed by atoms with E-state index in [1.807, 2.05) is 0 Å². The van der Waals surface area contributed by atoms with Crippen LogP contribution in [0.4, 0.5) is 0 Å². The third-order valence-electron chi connectivity index (χ3n) is 9.26. The zero-order chi connectivity index (χ0) is 33.6. The first-order valence-corrected chi connectivity index (χ1v) is 14.3. The molecule has 14 heteroatoms. The molecule has 2 aliphatic carbocycles. The molecule has 0 radical (unpaired) electrons. The van der Waals surface area contributed by atoms with Gasteiger partial charge >= 0.3 is 11.9 Å². The maximum absolute atomic E-state index is 13.2. The molecule has 0 bridgehead atoms. The second-order valence-corrected chi connectivity index (χ2v) is 11.9. The molecule has 6 N–H and O–H groups in total. The Balaban J connectivity index is 1.55. The third kappa shape index (κ3) is 3.70. The number of ether oxygens (including phenoxy) is 4. The predicted molar refractivity (Wildman–Crippen MR) is 155 cm³/mol. The van der Waals surface area contributed by atoms with Crippen molar-refractivity contribution in [1.82, 2.24) is 0 Å². The molecule has 2 aromatic carbocycles. The number of aromatic hydroxyl groups is 2. The number of esters is 2. The molecule has 0 saturated heterocycles. The molecule has 0 unspecified atom stereocenters. The minimum Gasteiger partial charge on any atom is -0.506 e. The van der Waals surface area contributed by atoms with Gasteiger partial charge in [0.2, 0.25) is 0 Å². The molecule has 242 valence electrons.